The smallest absolute Gasteiger partial charge is 0.194 e. The fourth-order valence-corrected chi connectivity index (χ4v) is 4.54. The molecule has 0 atom stereocenters. The molecule has 148 valence electrons. The van der Waals surface area contributed by atoms with E-state index in [2.05, 4.69) is 21.8 Å². The van der Waals surface area contributed by atoms with Gasteiger partial charge in [-0.2, -0.15) is 11.8 Å². The van der Waals surface area contributed by atoms with Gasteiger partial charge in [0.25, 0.3) is 0 Å². The third-order valence-electron chi connectivity index (χ3n) is 4.70. The Balaban J connectivity index is 2.15. The molecule has 1 aliphatic heterocycles. The van der Waals surface area contributed by atoms with Crippen LogP contribution >= 0.6 is 11.8 Å². The summed E-state index contributed by atoms with van der Waals surface area (Å²) in [6.45, 7) is 7.57. The van der Waals surface area contributed by atoms with Crippen LogP contribution in [0.5, 0.6) is 0 Å². The molecule has 1 aliphatic rings. The fraction of sp³-hybridized carbons (Fsp3) is 0.812. The van der Waals surface area contributed by atoms with Crippen LogP contribution in [-0.4, -0.2) is 76.2 Å². The summed E-state index contributed by atoms with van der Waals surface area (Å²) in [5.41, 5.74) is 0. The van der Waals surface area contributed by atoms with Crippen molar-refractivity contribution in [2.24, 2.45) is 12.0 Å². The Labute approximate surface area is 160 Å². The minimum Gasteiger partial charge on any atom is -0.356 e. The second-order valence-electron chi connectivity index (χ2n) is 7.14. The van der Waals surface area contributed by atoms with Crippen LogP contribution in [0.1, 0.15) is 31.9 Å². The van der Waals surface area contributed by atoms with Crippen LogP contribution in [0, 0.1) is 6.92 Å². The molecule has 0 aliphatic carbocycles. The van der Waals surface area contributed by atoms with E-state index in [1.165, 1.54) is 0 Å². The van der Waals surface area contributed by atoms with Crippen LogP contribution in [-0.2, 0) is 23.4 Å². The third kappa shape index (κ3) is 4.91. The van der Waals surface area contributed by atoms with E-state index in [1.54, 1.807) is 13.8 Å². The lowest BCUT2D eigenvalue weighted by atomic mass is 10.2. The van der Waals surface area contributed by atoms with Gasteiger partial charge in [0.1, 0.15) is 12.4 Å². The van der Waals surface area contributed by atoms with Gasteiger partial charge in [-0.1, -0.05) is 0 Å². The van der Waals surface area contributed by atoms with E-state index in [4.69, 9.17) is 4.99 Å². The molecular formula is C16H30N6O2S2. The van der Waals surface area contributed by atoms with Crippen molar-refractivity contribution < 1.29 is 8.42 Å². The minimum absolute atomic E-state index is 0.147. The summed E-state index contributed by atoms with van der Waals surface area (Å²) < 4.78 is 25.7. The van der Waals surface area contributed by atoms with E-state index in [9.17, 15) is 8.42 Å². The fourth-order valence-electron chi connectivity index (χ4n) is 2.74. The van der Waals surface area contributed by atoms with Crippen molar-refractivity contribution in [2.75, 3.05) is 37.4 Å². The van der Waals surface area contributed by atoms with E-state index in [0.717, 1.165) is 36.3 Å². The number of aromatic nitrogens is 3. The van der Waals surface area contributed by atoms with Gasteiger partial charge in [0.15, 0.2) is 21.6 Å². The largest absolute Gasteiger partial charge is 0.356 e. The van der Waals surface area contributed by atoms with E-state index >= 15 is 0 Å². The molecule has 0 aromatic carbocycles. The number of sulfone groups is 1. The molecule has 1 fully saturated rings. The van der Waals surface area contributed by atoms with Crippen LogP contribution in [0.2, 0.25) is 0 Å². The molecule has 0 radical (unpaired) electrons. The summed E-state index contributed by atoms with van der Waals surface area (Å²) in [6, 6.07) is 0. The molecule has 1 aromatic rings. The zero-order valence-electron chi connectivity index (χ0n) is 16.3. The number of thioether (sulfide) groups is 1. The van der Waals surface area contributed by atoms with E-state index in [0.29, 0.717) is 19.6 Å². The molecule has 2 heterocycles. The molecule has 10 heteroatoms. The second kappa shape index (κ2) is 8.60. The SMILES string of the molecule is CSCCCNC(=NCc1nnc(C)n1C)N1CCS(=O)(=O)C(C)(C)C1. The van der Waals surface area contributed by atoms with Crippen LogP contribution in [0.15, 0.2) is 4.99 Å². The van der Waals surface area contributed by atoms with Gasteiger partial charge in [-0.3, -0.25) is 0 Å². The minimum atomic E-state index is -3.08. The van der Waals surface area contributed by atoms with Crippen molar-refractivity contribution in [1.82, 2.24) is 25.0 Å². The Bertz CT molecular complexity index is 742. The van der Waals surface area contributed by atoms with Crippen molar-refractivity contribution >= 4 is 27.6 Å². The molecule has 2 rings (SSSR count). The van der Waals surface area contributed by atoms with Gasteiger partial charge in [-0.25, -0.2) is 13.4 Å². The van der Waals surface area contributed by atoms with E-state index in [-0.39, 0.29) is 5.75 Å². The van der Waals surface area contributed by atoms with Crippen molar-refractivity contribution in [2.45, 2.75) is 38.5 Å². The number of hydrogen-bond acceptors (Lipinski definition) is 6. The summed E-state index contributed by atoms with van der Waals surface area (Å²) >= 11 is 1.81. The molecule has 0 bridgehead atoms. The topological polar surface area (TPSA) is 92.5 Å². The zero-order chi connectivity index (χ0) is 19.4. The first-order chi connectivity index (χ1) is 12.2. The average molecular weight is 403 g/mol. The summed E-state index contributed by atoms with van der Waals surface area (Å²) in [7, 11) is -1.16. The number of rotatable bonds is 6. The first-order valence-electron chi connectivity index (χ1n) is 8.77. The summed E-state index contributed by atoms with van der Waals surface area (Å²) in [6.07, 6.45) is 3.11. The molecule has 8 nitrogen and oxygen atoms in total. The Morgan fingerprint density at radius 1 is 1.38 bits per heavy atom. The lowest BCUT2D eigenvalue weighted by Gasteiger charge is -2.39. The number of hydrogen-bond donors (Lipinski definition) is 1. The predicted molar refractivity (Wildman–Crippen MR) is 107 cm³/mol. The van der Waals surface area contributed by atoms with Gasteiger partial charge in [0.2, 0.25) is 0 Å². The number of aliphatic imine (C=N–C) groups is 1. The van der Waals surface area contributed by atoms with Crippen LogP contribution in [0.4, 0.5) is 0 Å². The first kappa shape index (κ1) is 21.0. The summed E-state index contributed by atoms with van der Waals surface area (Å²) in [5, 5.41) is 11.6. The van der Waals surface area contributed by atoms with Crippen molar-refractivity contribution in [3.05, 3.63) is 11.6 Å². The van der Waals surface area contributed by atoms with Gasteiger partial charge in [0.05, 0.1) is 10.5 Å². The zero-order valence-corrected chi connectivity index (χ0v) is 18.0. The van der Waals surface area contributed by atoms with Gasteiger partial charge in [-0.15, -0.1) is 10.2 Å². The Morgan fingerprint density at radius 3 is 2.69 bits per heavy atom. The first-order valence-corrected chi connectivity index (χ1v) is 11.8. The molecule has 26 heavy (non-hydrogen) atoms. The molecule has 0 saturated carbocycles. The average Bonchev–Trinajstić information content (AvgIpc) is 2.89. The highest BCUT2D eigenvalue weighted by Gasteiger charge is 2.41. The maximum Gasteiger partial charge on any atom is 0.194 e. The van der Waals surface area contributed by atoms with Crippen molar-refractivity contribution in [1.29, 1.82) is 0 Å². The molecular weight excluding hydrogens is 372 g/mol. The second-order valence-corrected chi connectivity index (χ2v) is 10.9. The van der Waals surface area contributed by atoms with Crippen LogP contribution in [0.25, 0.3) is 0 Å². The lowest BCUT2D eigenvalue weighted by Crippen LogP contribution is -2.57. The third-order valence-corrected chi connectivity index (χ3v) is 7.93. The van der Waals surface area contributed by atoms with E-state index in [1.807, 2.05) is 35.2 Å². The maximum absolute atomic E-state index is 12.3. The Kier molecular flexibility index (Phi) is 6.95. The van der Waals surface area contributed by atoms with Gasteiger partial charge in [-0.05, 0) is 39.2 Å². The lowest BCUT2D eigenvalue weighted by molar-refractivity contribution is 0.352. The quantitative estimate of drug-likeness (QED) is 0.428. The number of guanidine groups is 1. The molecule has 0 unspecified atom stereocenters. The van der Waals surface area contributed by atoms with Gasteiger partial charge >= 0.3 is 0 Å². The highest BCUT2D eigenvalue weighted by molar-refractivity contribution is 7.98. The highest BCUT2D eigenvalue weighted by Crippen LogP contribution is 2.23. The van der Waals surface area contributed by atoms with Gasteiger partial charge in [0, 0.05) is 26.7 Å². The standard InChI is InChI=1S/C16H30N6O2S2/c1-13-19-20-14(21(13)4)11-18-15(17-7-6-9-25-5)22-8-10-26(23,24)16(2,3)12-22/h6-12H2,1-5H3,(H,17,18). The summed E-state index contributed by atoms with van der Waals surface area (Å²) in [5.74, 6) is 3.59. The Hall–Kier alpha value is -1.29. The van der Waals surface area contributed by atoms with Crippen molar-refractivity contribution in [3.63, 3.8) is 0 Å². The van der Waals surface area contributed by atoms with Crippen LogP contribution < -0.4 is 5.32 Å². The predicted octanol–water partition coefficient (Wildman–Crippen LogP) is 0.831. The highest BCUT2D eigenvalue weighted by atomic mass is 32.2. The molecule has 1 N–H and O–H groups in total. The number of nitrogens with one attached hydrogen (secondary N) is 1. The van der Waals surface area contributed by atoms with Crippen molar-refractivity contribution in [3.8, 4) is 0 Å². The summed E-state index contributed by atoms with van der Waals surface area (Å²) in [4.78, 5) is 6.75. The molecule has 0 spiro atoms. The number of aryl methyl sites for hydroxylation is 1. The molecule has 1 aromatic heterocycles. The van der Waals surface area contributed by atoms with Gasteiger partial charge < -0.3 is 14.8 Å². The van der Waals surface area contributed by atoms with Crippen LogP contribution in [0.3, 0.4) is 0 Å². The maximum atomic E-state index is 12.3. The monoisotopic (exact) mass is 402 g/mol. The Morgan fingerprint density at radius 2 is 2.12 bits per heavy atom. The number of nitrogens with zero attached hydrogens (tertiary/aromatic N) is 5. The normalized spacial score (nSPS) is 19.6. The molecule has 1 saturated heterocycles. The van der Waals surface area contributed by atoms with E-state index < -0.39 is 14.6 Å². The molecule has 0 amide bonds.